The van der Waals surface area contributed by atoms with E-state index in [1.54, 1.807) is 36.4 Å². The molecule has 7 nitrogen and oxygen atoms in total. The number of H-pyrrole nitrogens is 1. The van der Waals surface area contributed by atoms with Gasteiger partial charge >= 0.3 is 11.1 Å². The zero-order valence-electron chi connectivity index (χ0n) is 15.3. The summed E-state index contributed by atoms with van der Waals surface area (Å²) >= 11 is 0. The molecule has 0 atom stereocenters. The van der Waals surface area contributed by atoms with Gasteiger partial charge in [-0.25, -0.2) is 13.1 Å². The maximum Gasteiger partial charge on any atom is 0.316 e. The summed E-state index contributed by atoms with van der Waals surface area (Å²) in [5.41, 5.74) is 1.96. The summed E-state index contributed by atoms with van der Waals surface area (Å²) in [6.45, 7) is 0.0697. The molecule has 0 amide bonds. The number of aromatic amines is 1. The van der Waals surface area contributed by atoms with Gasteiger partial charge in [-0.15, -0.1) is 0 Å². The minimum absolute atomic E-state index is 0.00672. The van der Waals surface area contributed by atoms with E-state index in [9.17, 15) is 18.0 Å². The van der Waals surface area contributed by atoms with Crippen LogP contribution in [-0.4, -0.2) is 24.5 Å². The Balaban J connectivity index is 1.56. The number of nitrogens with one attached hydrogen (secondary N) is 2. The number of fused-ring (bicyclic) bond motifs is 2. The molecule has 1 heterocycles. The van der Waals surface area contributed by atoms with E-state index in [1.165, 1.54) is 10.1 Å². The summed E-state index contributed by atoms with van der Waals surface area (Å²) in [6.07, 6.45) is 4.09. The third kappa shape index (κ3) is 3.53. The predicted molar refractivity (Wildman–Crippen MR) is 107 cm³/mol. The van der Waals surface area contributed by atoms with Gasteiger partial charge in [0.15, 0.2) is 0 Å². The lowest BCUT2D eigenvalue weighted by Crippen LogP contribution is -2.39. The Morgan fingerprint density at radius 1 is 1.00 bits per heavy atom. The number of aryl methyl sites for hydroxylation is 2. The number of nitrogens with zero attached hydrogens (tertiary/aromatic N) is 1. The summed E-state index contributed by atoms with van der Waals surface area (Å²) in [6, 6.07) is 12.2. The van der Waals surface area contributed by atoms with Gasteiger partial charge in [-0.1, -0.05) is 18.2 Å². The van der Waals surface area contributed by atoms with E-state index in [-0.39, 0.29) is 18.0 Å². The van der Waals surface area contributed by atoms with Crippen LogP contribution >= 0.6 is 0 Å². The average molecular weight is 399 g/mol. The van der Waals surface area contributed by atoms with Crippen LogP contribution in [0.15, 0.2) is 56.9 Å². The van der Waals surface area contributed by atoms with Crippen LogP contribution in [0.1, 0.15) is 24.0 Å². The molecule has 146 valence electrons. The topological polar surface area (TPSA) is 101 Å². The molecule has 0 spiro atoms. The zero-order valence-corrected chi connectivity index (χ0v) is 16.1. The molecule has 0 saturated heterocycles. The molecule has 1 aromatic heterocycles. The fraction of sp³-hybridized carbons (Fsp3) is 0.300. The van der Waals surface area contributed by atoms with Crippen molar-refractivity contribution in [1.82, 2.24) is 14.3 Å². The molecule has 1 aliphatic carbocycles. The Bertz CT molecular complexity index is 1260. The van der Waals surface area contributed by atoms with E-state index in [1.807, 2.05) is 6.07 Å². The van der Waals surface area contributed by atoms with Crippen molar-refractivity contribution in [2.75, 3.05) is 6.54 Å². The second-order valence-electron chi connectivity index (χ2n) is 6.96. The van der Waals surface area contributed by atoms with Crippen molar-refractivity contribution >= 4 is 21.1 Å². The van der Waals surface area contributed by atoms with Crippen LogP contribution in [0.2, 0.25) is 0 Å². The quantitative estimate of drug-likeness (QED) is 0.636. The van der Waals surface area contributed by atoms with Gasteiger partial charge in [-0.05, 0) is 61.1 Å². The maximum atomic E-state index is 12.7. The third-order valence-corrected chi connectivity index (χ3v) is 6.60. The van der Waals surface area contributed by atoms with Crippen LogP contribution in [0.3, 0.4) is 0 Å². The average Bonchev–Trinajstić information content (AvgIpc) is 2.70. The number of sulfonamides is 1. The first kappa shape index (κ1) is 18.6. The second kappa shape index (κ2) is 7.37. The highest BCUT2D eigenvalue weighted by Crippen LogP contribution is 2.24. The molecule has 8 heteroatoms. The zero-order chi connectivity index (χ0) is 19.7. The first-order chi connectivity index (χ1) is 13.5. The van der Waals surface area contributed by atoms with E-state index in [0.29, 0.717) is 11.0 Å². The fourth-order valence-electron chi connectivity index (χ4n) is 3.70. The van der Waals surface area contributed by atoms with Gasteiger partial charge in [0.2, 0.25) is 10.0 Å². The molecule has 1 aliphatic rings. The lowest BCUT2D eigenvalue weighted by atomic mass is 9.92. The van der Waals surface area contributed by atoms with Crippen LogP contribution in [0.4, 0.5) is 0 Å². The van der Waals surface area contributed by atoms with E-state index in [0.717, 1.165) is 31.2 Å². The van der Waals surface area contributed by atoms with E-state index in [2.05, 4.69) is 9.71 Å². The van der Waals surface area contributed by atoms with Gasteiger partial charge in [-0.2, -0.15) is 0 Å². The Labute approximate surface area is 162 Å². The highest BCUT2D eigenvalue weighted by Gasteiger charge is 2.18. The molecular weight excluding hydrogens is 378 g/mol. The minimum Gasteiger partial charge on any atom is -0.316 e. The Hall–Kier alpha value is -2.71. The molecule has 28 heavy (non-hydrogen) atoms. The third-order valence-electron chi connectivity index (χ3n) is 5.14. The molecule has 0 fully saturated rings. The maximum absolute atomic E-state index is 12.7. The normalized spacial score (nSPS) is 14.1. The molecule has 3 aromatic rings. The molecule has 0 unspecified atom stereocenters. The first-order valence-corrected chi connectivity index (χ1v) is 10.8. The molecule has 4 rings (SSSR count). The summed E-state index contributed by atoms with van der Waals surface area (Å²) in [7, 11) is -3.69. The van der Waals surface area contributed by atoms with Crippen LogP contribution < -0.4 is 15.8 Å². The van der Waals surface area contributed by atoms with Crippen molar-refractivity contribution in [2.24, 2.45) is 0 Å². The Morgan fingerprint density at radius 2 is 1.75 bits per heavy atom. The summed E-state index contributed by atoms with van der Waals surface area (Å²) < 4.78 is 29.2. The van der Waals surface area contributed by atoms with Crippen molar-refractivity contribution in [3.63, 3.8) is 0 Å². The fourth-order valence-corrected chi connectivity index (χ4v) is 4.77. The van der Waals surface area contributed by atoms with Crippen molar-refractivity contribution in [3.05, 3.63) is 74.3 Å². The van der Waals surface area contributed by atoms with Gasteiger partial charge in [0.1, 0.15) is 0 Å². The smallest absolute Gasteiger partial charge is 0.316 e. The number of hydrogen-bond donors (Lipinski definition) is 2. The number of para-hydroxylation sites is 2. The van der Waals surface area contributed by atoms with Gasteiger partial charge in [0.05, 0.1) is 15.9 Å². The number of aromatic nitrogens is 2. The Kier molecular flexibility index (Phi) is 4.91. The van der Waals surface area contributed by atoms with Crippen LogP contribution in [-0.2, 0) is 29.4 Å². The van der Waals surface area contributed by atoms with Crippen LogP contribution in [0.25, 0.3) is 11.0 Å². The van der Waals surface area contributed by atoms with E-state index < -0.39 is 21.1 Å². The molecule has 0 radical (unpaired) electrons. The van der Waals surface area contributed by atoms with Gasteiger partial charge in [0.25, 0.3) is 0 Å². The molecule has 0 bridgehead atoms. The molecule has 0 aliphatic heterocycles. The molecule has 2 aromatic carbocycles. The minimum atomic E-state index is -3.69. The highest BCUT2D eigenvalue weighted by molar-refractivity contribution is 7.89. The van der Waals surface area contributed by atoms with Crippen molar-refractivity contribution in [3.8, 4) is 0 Å². The predicted octanol–water partition coefficient (Wildman–Crippen LogP) is 1.55. The highest BCUT2D eigenvalue weighted by atomic mass is 32.2. The number of hydrogen-bond acceptors (Lipinski definition) is 4. The first-order valence-electron chi connectivity index (χ1n) is 9.29. The molecular formula is C20H21N3O4S. The number of benzene rings is 2. The van der Waals surface area contributed by atoms with Crippen molar-refractivity contribution in [1.29, 1.82) is 0 Å². The van der Waals surface area contributed by atoms with Gasteiger partial charge < -0.3 is 9.55 Å². The summed E-state index contributed by atoms with van der Waals surface area (Å²) in [5.74, 6) is 0. The van der Waals surface area contributed by atoms with Crippen molar-refractivity contribution < 1.29 is 8.42 Å². The monoisotopic (exact) mass is 399 g/mol. The largest absolute Gasteiger partial charge is 0.316 e. The van der Waals surface area contributed by atoms with Crippen LogP contribution in [0, 0.1) is 0 Å². The number of rotatable bonds is 5. The SMILES string of the molecule is O=c1[nH]c2ccccc2n(CCNS(=O)(=O)c2ccc3c(c2)CCCC3)c1=O. The summed E-state index contributed by atoms with van der Waals surface area (Å²) in [4.78, 5) is 26.8. The second-order valence-corrected chi connectivity index (χ2v) is 8.73. The van der Waals surface area contributed by atoms with E-state index >= 15 is 0 Å². The Morgan fingerprint density at radius 3 is 2.57 bits per heavy atom. The summed E-state index contributed by atoms with van der Waals surface area (Å²) in [5, 5.41) is 0. The lowest BCUT2D eigenvalue weighted by molar-refractivity contribution is 0.571. The lowest BCUT2D eigenvalue weighted by Gasteiger charge is -2.17. The van der Waals surface area contributed by atoms with E-state index in [4.69, 9.17) is 0 Å². The molecule has 2 N–H and O–H groups in total. The van der Waals surface area contributed by atoms with Crippen molar-refractivity contribution in [2.45, 2.75) is 37.1 Å². The van der Waals surface area contributed by atoms with Gasteiger partial charge in [-0.3, -0.25) is 9.59 Å². The standard InChI is InChI=1S/C20H21N3O4S/c24-19-20(25)23(18-8-4-3-7-17(18)22-19)12-11-21-28(26,27)16-10-9-14-5-1-2-6-15(14)13-16/h3-4,7-10,13,21H,1-2,5-6,11-12H2,(H,22,24). The van der Waals surface area contributed by atoms with Crippen LogP contribution in [0.5, 0.6) is 0 Å². The van der Waals surface area contributed by atoms with Gasteiger partial charge in [0, 0.05) is 13.1 Å². The molecule has 0 saturated carbocycles.